The van der Waals surface area contributed by atoms with E-state index in [1.54, 1.807) is 0 Å². The number of imidazole rings is 1. The Hall–Kier alpha value is -8.56. The van der Waals surface area contributed by atoms with Gasteiger partial charge in [0.1, 0.15) is 25.4 Å². The van der Waals surface area contributed by atoms with E-state index in [0.717, 1.165) is 67.3 Å². The van der Waals surface area contributed by atoms with Crippen molar-refractivity contribution < 1.29 is 9.30 Å². The van der Waals surface area contributed by atoms with Crippen LogP contribution in [0.4, 0.5) is 0 Å². The number of fused-ring (bicyclic) bond motifs is 10. The second kappa shape index (κ2) is 18.7. The second-order valence-corrected chi connectivity index (χ2v) is 31.4. The van der Waals surface area contributed by atoms with E-state index in [0.29, 0.717) is 0 Å². The Bertz CT molecular complexity index is 4860. The summed E-state index contributed by atoms with van der Waals surface area (Å²) in [6.07, 6.45) is 6.00. The van der Waals surface area contributed by atoms with Crippen LogP contribution in [-0.2, 0) is 16.2 Å². The molecule has 0 saturated heterocycles. The van der Waals surface area contributed by atoms with E-state index < -0.39 is 8.07 Å². The van der Waals surface area contributed by atoms with Crippen LogP contribution in [0.15, 0.2) is 206 Å². The normalized spacial score (nSPS) is 12.8. The molecule has 0 unspecified atom stereocenters. The standard InChI is InChI=1S/C74H67N5OSSi/c1-72(2,3)47-37-38-75-69(42-47)79-62-27-16-12-23-55(62)57-33-32-53(45-65(57)79)80-52-22-20-21-50(43-52)76-46-77(64-29-18-17-28-63(64)76)71-68(82(10,11)54-40-48(73(4,5)6)39-49(41-54)74(7,8)9)36-34-59-56-24-13-15-26-61(56)78(70(59)71)51-31-35-67-60(44-51)58-25-14-19-30-66(58)81-67/h12-45H,1-11H3. The highest BCUT2D eigenvalue weighted by Gasteiger charge is 2.35. The number of benzene rings is 9. The van der Waals surface area contributed by atoms with Gasteiger partial charge in [0, 0.05) is 59.7 Å². The summed E-state index contributed by atoms with van der Waals surface area (Å²) in [6.45, 7) is 25.9. The Kier molecular flexibility index (Phi) is 11.8. The fraction of sp³-hybridized carbons (Fsp3) is 0.189. The molecule has 0 aliphatic carbocycles. The average Bonchev–Trinajstić information content (AvgIpc) is 2.36. The summed E-state index contributed by atoms with van der Waals surface area (Å²) in [5.74, 6) is 2.36. The number of pyridine rings is 1. The van der Waals surface area contributed by atoms with Crippen molar-refractivity contribution in [3.8, 4) is 34.4 Å². The molecule has 0 saturated carbocycles. The minimum absolute atomic E-state index is 0.0316. The molecule has 14 aromatic rings. The third kappa shape index (κ3) is 8.48. The van der Waals surface area contributed by atoms with Crippen LogP contribution in [0.1, 0.15) is 79.0 Å². The molecule has 0 aliphatic rings. The van der Waals surface area contributed by atoms with Gasteiger partial charge < -0.3 is 9.30 Å². The Balaban J connectivity index is 0.981. The van der Waals surface area contributed by atoms with Crippen molar-refractivity contribution in [2.24, 2.45) is 0 Å². The van der Waals surface area contributed by atoms with Gasteiger partial charge in [0.25, 0.3) is 6.33 Å². The quantitative estimate of drug-likeness (QED) is 0.0864. The molecule has 5 aromatic heterocycles. The maximum atomic E-state index is 6.94. The fourth-order valence-electron chi connectivity index (χ4n) is 12.4. The maximum Gasteiger partial charge on any atom is 0.269 e. The summed E-state index contributed by atoms with van der Waals surface area (Å²) in [5.41, 5.74) is 13.6. The molecule has 5 heterocycles. The number of nitrogens with zero attached hydrogens (tertiary/aromatic N) is 5. The van der Waals surface area contributed by atoms with Crippen LogP contribution in [0.25, 0.3) is 97.7 Å². The van der Waals surface area contributed by atoms with Gasteiger partial charge in [-0.3, -0.25) is 13.7 Å². The largest absolute Gasteiger partial charge is 0.458 e. The summed E-state index contributed by atoms with van der Waals surface area (Å²) in [6, 6.07) is 73.8. The van der Waals surface area contributed by atoms with Crippen molar-refractivity contribution in [1.29, 1.82) is 0 Å². The van der Waals surface area contributed by atoms with Crippen LogP contribution >= 0.6 is 11.3 Å². The minimum atomic E-state index is -2.63. The molecule has 0 spiro atoms. The zero-order valence-electron chi connectivity index (χ0n) is 48.7. The third-order valence-electron chi connectivity index (χ3n) is 17.1. The van der Waals surface area contributed by atoms with Crippen molar-refractivity contribution in [2.75, 3.05) is 0 Å². The monoisotopic (exact) mass is 1100 g/mol. The second-order valence-electron chi connectivity index (χ2n) is 26.0. The van der Waals surface area contributed by atoms with Gasteiger partial charge in [0.2, 0.25) is 0 Å². The Morgan fingerprint density at radius 2 is 1.07 bits per heavy atom. The topological polar surface area (TPSA) is 40.8 Å². The van der Waals surface area contributed by atoms with E-state index >= 15 is 0 Å². The van der Waals surface area contributed by atoms with E-state index in [1.165, 1.54) is 68.9 Å². The van der Waals surface area contributed by atoms with Crippen LogP contribution < -0.4 is 19.7 Å². The molecule has 82 heavy (non-hydrogen) atoms. The van der Waals surface area contributed by atoms with Gasteiger partial charge in [0.15, 0.2) is 0 Å². The number of hydrogen-bond acceptors (Lipinski definition) is 3. The molecule has 0 atom stereocenters. The molecule has 0 radical (unpaired) electrons. The van der Waals surface area contributed by atoms with E-state index in [-0.39, 0.29) is 16.2 Å². The fourth-order valence-corrected chi connectivity index (χ4v) is 16.2. The zero-order valence-corrected chi connectivity index (χ0v) is 50.5. The lowest BCUT2D eigenvalue weighted by Crippen LogP contribution is -2.57. The lowest BCUT2D eigenvalue weighted by molar-refractivity contribution is -0.570. The SMILES string of the molecule is CC(C)(C)c1cc(C(C)(C)C)cc([Si](C)(C)c2ccc3c4ccccc4n(-c4ccc5sc6ccccc6c5c4)c3c2-[n+]2[c-]n(-c3cccc(Oc4ccc5c6ccccc6n(-c6cc(C(C)(C)C)ccn6)c5c4)c3)c3ccccc32)c1. The van der Waals surface area contributed by atoms with Gasteiger partial charge in [-0.1, -0.05) is 196 Å². The third-order valence-corrected chi connectivity index (χ3v) is 21.7. The van der Waals surface area contributed by atoms with Gasteiger partial charge in [0.05, 0.1) is 44.5 Å². The highest BCUT2D eigenvalue weighted by atomic mass is 32.1. The van der Waals surface area contributed by atoms with E-state index in [1.807, 2.05) is 23.6 Å². The first-order valence-electron chi connectivity index (χ1n) is 28.7. The van der Waals surface area contributed by atoms with Crippen molar-refractivity contribution in [3.05, 3.63) is 229 Å². The molecule has 6 nitrogen and oxygen atoms in total. The number of ether oxygens (including phenoxy) is 1. The first-order valence-corrected chi connectivity index (χ1v) is 32.5. The Labute approximate surface area is 485 Å². The maximum absolute atomic E-state index is 6.94. The first-order chi connectivity index (χ1) is 39.3. The van der Waals surface area contributed by atoms with Gasteiger partial charge in [-0.15, -0.1) is 11.3 Å². The van der Waals surface area contributed by atoms with Crippen LogP contribution in [-0.4, -0.2) is 26.8 Å². The summed E-state index contributed by atoms with van der Waals surface area (Å²) in [5, 5.41) is 10.1. The highest BCUT2D eigenvalue weighted by molar-refractivity contribution is 7.25. The van der Waals surface area contributed by atoms with E-state index in [9.17, 15) is 0 Å². The summed E-state index contributed by atoms with van der Waals surface area (Å²) in [7, 11) is -2.63. The van der Waals surface area contributed by atoms with Crippen molar-refractivity contribution >= 4 is 105 Å². The number of thiophene rings is 1. The molecule has 0 fully saturated rings. The number of rotatable bonds is 8. The molecule has 14 rings (SSSR count). The molecular weight excluding hydrogens is 1040 g/mol. The first kappa shape index (κ1) is 51.6. The number of aromatic nitrogens is 5. The van der Waals surface area contributed by atoms with Crippen LogP contribution in [0, 0.1) is 6.33 Å². The molecule has 0 amide bonds. The minimum Gasteiger partial charge on any atom is -0.458 e. The van der Waals surface area contributed by atoms with Crippen molar-refractivity contribution in [2.45, 2.75) is 91.7 Å². The van der Waals surface area contributed by atoms with Gasteiger partial charge in [-0.05, 0) is 117 Å². The van der Waals surface area contributed by atoms with Gasteiger partial charge in [-0.25, -0.2) is 4.98 Å². The summed E-state index contributed by atoms with van der Waals surface area (Å²) < 4.78 is 18.9. The van der Waals surface area contributed by atoms with Gasteiger partial charge >= 0.3 is 0 Å². The molecule has 9 aromatic carbocycles. The van der Waals surface area contributed by atoms with E-state index in [4.69, 9.17) is 9.72 Å². The molecule has 404 valence electrons. The number of hydrogen-bond donors (Lipinski definition) is 0. The smallest absolute Gasteiger partial charge is 0.269 e. The predicted molar refractivity (Wildman–Crippen MR) is 349 cm³/mol. The van der Waals surface area contributed by atoms with Crippen molar-refractivity contribution in [1.82, 2.24) is 18.7 Å². The molecule has 8 heteroatoms. The molecule has 0 bridgehead atoms. The van der Waals surface area contributed by atoms with Crippen LogP contribution in [0.3, 0.4) is 0 Å². The van der Waals surface area contributed by atoms with Crippen LogP contribution in [0.2, 0.25) is 13.1 Å². The predicted octanol–water partition coefficient (Wildman–Crippen LogP) is 18.2. The lowest BCUT2D eigenvalue weighted by atomic mass is 9.81. The molecular formula is C74H67N5OSSi. The van der Waals surface area contributed by atoms with Crippen LogP contribution in [0.5, 0.6) is 11.5 Å². The van der Waals surface area contributed by atoms with Gasteiger partial charge in [-0.2, -0.15) is 0 Å². The Morgan fingerprint density at radius 1 is 0.463 bits per heavy atom. The Morgan fingerprint density at radius 3 is 1.80 bits per heavy atom. The molecule has 0 aliphatic heterocycles. The lowest BCUT2D eigenvalue weighted by Gasteiger charge is -2.32. The average molecular weight is 1100 g/mol. The highest BCUT2D eigenvalue weighted by Crippen LogP contribution is 2.41. The van der Waals surface area contributed by atoms with Crippen molar-refractivity contribution in [3.63, 3.8) is 0 Å². The summed E-state index contributed by atoms with van der Waals surface area (Å²) in [4.78, 5) is 4.94. The number of para-hydroxylation sites is 4. The van der Waals surface area contributed by atoms with E-state index in [2.05, 4.69) is 294 Å². The zero-order chi connectivity index (χ0) is 56.6. The summed E-state index contributed by atoms with van der Waals surface area (Å²) >= 11 is 1.86. The molecule has 0 N–H and O–H groups in total.